The minimum atomic E-state index is -0.525. The van der Waals surface area contributed by atoms with Gasteiger partial charge in [0, 0.05) is 24.2 Å². The van der Waals surface area contributed by atoms with E-state index in [4.69, 9.17) is 0 Å². The van der Waals surface area contributed by atoms with Crippen LogP contribution in [0.1, 0.15) is 28.8 Å². The minimum Gasteiger partial charge on any atom is -0.391 e. The first kappa shape index (κ1) is 13.5. The van der Waals surface area contributed by atoms with Crippen molar-refractivity contribution < 1.29 is 14.8 Å². The first-order chi connectivity index (χ1) is 8.97. The molecule has 0 saturated heterocycles. The minimum absolute atomic E-state index is 0.104. The summed E-state index contributed by atoms with van der Waals surface area (Å²) >= 11 is 0. The number of nitro benzene ring substituents is 1. The number of carbonyl (C=O) groups excluding carboxylic acids is 1. The van der Waals surface area contributed by atoms with Gasteiger partial charge in [0.05, 0.1) is 11.0 Å². The van der Waals surface area contributed by atoms with Crippen LogP contribution < -0.4 is 5.32 Å². The van der Waals surface area contributed by atoms with Crippen LogP contribution in [0.25, 0.3) is 0 Å². The fourth-order valence-electron chi connectivity index (χ4n) is 1.95. The zero-order valence-electron chi connectivity index (χ0n) is 10.6. The number of amides is 1. The standard InChI is InChI=1S/C13H16N2O4/c1-8-4-10(6-11(5-8)15(18)19)13(17)14-7-12(16)9-2-3-9/h4-6,9,12,16H,2-3,7H2,1H3,(H,14,17). The molecular weight excluding hydrogens is 248 g/mol. The Bertz CT molecular complexity index is 511. The van der Waals surface area contributed by atoms with E-state index in [-0.39, 0.29) is 23.7 Å². The number of nitro groups is 1. The van der Waals surface area contributed by atoms with Crippen molar-refractivity contribution in [3.8, 4) is 0 Å². The number of rotatable bonds is 5. The van der Waals surface area contributed by atoms with Gasteiger partial charge in [0.1, 0.15) is 0 Å². The highest BCUT2D eigenvalue weighted by molar-refractivity contribution is 5.95. The lowest BCUT2D eigenvalue weighted by molar-refractivity contribution is -0.384. The summed E-state index contributed by atoms with van der Waals surface area (Å²) < 4.78 is 0. The van der Waals surface area contributed by atoms with Gasteiger partial charge in [-0.3, -0.25) is 14.9 Å². The van der Waals surface area contributed by atoms with E-state index >= 15 is 0 Å². The molecule has 1 fully saturated rings. The molecule has 1 aliphatic rings. The second-order valence-electron chi connectivity index (χ2n) is 4.93. The molecule has 102 valence electrons. The van der Waals surface area contributed by atoms with Crippen LogP contribution in [0, 0.1) is 23.0 Å². The van der Waals surface area contributed by atoms with Crippen molar-refractivity contribution in [2.24, 2.45) is 5.92 Å². The molecule has 0 radical (unpaired) electrons. The molecule has 2 N–H and O–H groups in total. The van der Waals surface area contributed by atoms with Gasteiger partial charge in [-0.25, -0.2) is 0 Å². The van der Waals surface area contributed by atoms with Gasteiger partial charge in [-0.2, -0.15) is 0 Å². The maximum Gasteiger partial charge on any atom is 0.270 e. The number of aryl methyl sites for hydroxylation is 1. The lowest BCUT2D eigenvalue weighted by Gasteiger charge is -2.10. The molecule has 19 heavy (non-hydrogen) atoms. The molecule has 0 aliphatic heterocycles. The van der Waals surface area contributed by atoms with Crippen LogP contribution in [0.4, 0.5) is 5.69 Å². The quantitative estimate of drug-likeness (QED) is 0.621. The summed E-state index contributed by atoms with van der Waals surface area (Å²) in [6, 6.07) is 4.24. The van der Waals surface area contributed by atoms with Gasteiger partial charge >= 0.3 is 0 Å². The second kappa shape index (κ2) is 5.36. The van der Waals surface area contributed by atoms with Crippen molar-refractivity contribution in [3.63, 3.8) is 0 Å². The number of non-ortho nitro benzene ring substituents is 1. The molecular formula is C13H16N2O4. The monoisotopic (exact) mass is 264 g/mol. The number of nitrogens with zero attached hydrogens (tertiary/aromatic N) is 1. The Morgan fingerprint density at radius 3 is 2.79 bits per heavy atom. The molecule has 1 aromatic rings. The predicted molar refractivity (Wildman–Crippen MR) is 68.9 cm³/mol. The summed E-state index contributed by atoms with van der Waals surface area (Å²) in [6.07, 6.45) is 1.46. The zero-order chi connectivity index (χ0) is 14.0. The van der Waals surface area contributed by atoms with E-state index in [1.165, 1.54) is 12.1 Å². The summed E-state index contributed by atoms with van der Waals surface area (Å²) in [6.45, 7) is 1.88. The number of nitrogens with one attached hydrogen (secondary N) is 1. The fraction of sp³-hybridized carbons (Fsp3) is 0.462. The van der Waals surface area contributed by atoms with Crippen molar-refractivity contribution in [2.75, 3.05) is 6.54 Å². The third-order valence-electron chi connectivity index (χ3n) is 3.17. The maximum absolute atomic E-state index is 11.9. The molecule has 1 aliphatic carbocycles. The molecule has 1 saturated carbocycles. The van der Waals surface area contributed by atoms with Gasteiger partial charge in [0.25, 0.3) is 11.6 Å². The average Bonchev–Trinajstić information content (AvgIpc) is 3.18. The number of aliphatic hydroxyl groups is 1. The first-order valence-electron chi connectivity index (χ1n) is 6.19. The summed E-state index contributed by atoms with van der Waals surface area (Å²) in [4.78, 5) is 22.1. The Morgan fingerprint density at radius 1 is 1.53 bits per heavy atom. The summed E-state index contributed by atoms with van der Waals surface area (Å²) in [5.74, 6) is -0.112. The number of hydrogen-bond donors (Lipinski definition) is 2. The van der Waals surface area contributed by atoms with Crippen molar-refractivity contribution in [2.45, 2.75) is 25.9 Å². The highest BCUT2D eigenvalue weighted by Crippen LogP contribution is 2.32. The van der Waals surface area contributed by atoms with Gasteiger partial charge in [-0.15, -0.1) is 0 Å². The average molecular weight is 264 g/mol. The van der Waals surface area contributed by atoms with E-state index in [0.717, 1.165) is 12.8 Å². The van der Waals surface area contributed by atoms with Crippen molar-refractivity contribution in [1.82, 2.24) is 5.32 Å². The molecule has 0 aromatic heterocycles. The Balaban J connectivity index is 2.03. The van der Waals surface area contributed by atoms with Gasteiger partial charge in [0.2, 0.25) is 0 Å². The molecule has 6 heteroatoms. The number of carbonyl (C=O) groups is 1. The number of hydrogen-bond acceptors (Lipinski definition) is 4. The molecule has 1 atom stereocenters. The molecule has 0 heterocycles. The van der Waals surface area contributed by atoms with E-state index in [2.05, 4.69) is 5.32 Å². The Morgan fingerprint density at radius 2 is 2.21 bits per heavy atom. The van der Waals surface area contributed by atoms with E-state index in [1.807, 2.05) is 0 Å². The summed E-state index contributed by atoms with van der Waals surface area (Å²) in [7, 11) is 0. The van der Waals surface area contributed by atoms with Gasteiger partial charge in [-0.1, -0.05) is 0 Å². The third kappa shape index (κ3) is 3.51. The van der Waals surface area contributed by atoms with Crippen LogP contribution in [-0.4, -0.2) is 28.6 Å². The van der Waals surface area contributed by atoms with Gasteiger partial charge in [0.15, 0.2) is 0 Å². The molecule has 1 aromatic carbocycles. The van der Waals surface area contributed by atoms with Crippen molar-refractivity contribution >= 4 is 11.6 Å². The van der Waals surface area contributed by atoms with Crippen LogP contribution in [0.15, 0.2) is 18.2 Å². The maximum atomic E-state index is 11.9. The summed E-state index contributed by atoms with van der Waals surface area (Å²) in [5, 5.41) is 23.0. The molecule has 1 amide bonds. The predicted octanol–water partition coefficient (Wildman–Crippen LogP) is 1.40. The Labute approximate surface area is 110 Å². The van der Waals surface area contributed by atoms with E-state index in [9.17, 15) is 20.0 Å². The fourth-order valence-corrected chi connectivity index (χ4v) is 1.95. The second-order valence-corrected chi connectivity index (χ2v) is 4.93. The van der Waals surface area contributed by atoms with Crippen LogP contribution in [0.3, 0.4) is 0 Å². The lowest BCUT2D eigenvalue weighted by Crippen LogP contribution is -2.33. The largest absolute Gasteiger partial charge is 0.391 e. The molecule has 0 spiro atoms. The molecule has 2 rings (SSSR count). The third-order valence-corrected chi connectivity index (χ3v) is 3.17. The normalized spacial score (nSPS) is 15.9. The zero-order valence-corrected chi connectivity index (χ0v) is 10.6. The highest BCUT2D eigenvalue weighted by atomic mass is 16.6. The van der Waals surface area contributed by atoms with Crippen LogP contribution in [-0.2, 0) is 0 Å². The van der Waals surface area contributed by atoms with Crippen LogP contribution in [0.2, 0.25) is 0 Å². The van der Waals surface area contributed by atoms with E-state index in [1.54, 1.807) is 13.0 Å². The van der Waals surface area contributed by atoms with Crippen molar-refractivity contribution in [3.05, 3.63) is 39.4 Å². The molecule has 1 unspecified atom stereocenters. The van der Waals surface area contributed by atoms with E-state index in [0.29, 0.717) is 5.56 Å². The topological polar surface area (TPSA) is 92.5 Å². The smallest absolute Gasteiger partial charge is 0.270 e. The number of benzene rings is 1. The Kier molecular flexibility index (Phi) is 3.80. The van der Waals surface area contributed by atoms with E-state index < -0.39 is 16.9 Å². The van der Waals surface area contributed by atoms with Crippen LogP contribution in [0.5, 0.6) is 0 Å². The summed E-state index contributed by atoms with van der Waals surface area (Å²) in [5.41, 5.74) is 0.796. The molecule has 0 bridgehead atoms. The Hall–Kier alpha value is -1.95. The van der Waals surface area contributed by atoms with Gasteiger partial charge < -0.3 is 10.4 Å². The highest BCUT2D eigenvalue weighted by Gasteiger charge is 2.29. The first-order valence-corrected chi connectivity index (χ1v) is 6.19. The van der Waals surface area contributed by atoms with Crippen LogP contribution >= 0.6 is 0 Å². The van der Waals surface area contributed by atoms with Crippen molar-refractivity contribution in [1.29, 1.82) is 0 Å². The lowest BCUT2D eigenvalue weighted by atomic mass is 10.1. The van der Waals surface area contributed by atoms with Gasteiger partial charge in [-0.05, 0) is 37.3 Å². The number of aliphatic hydroxyl groups excluding tert-OH is 1. The SMILES string of the molecule is Cc1cc(C(=O)NCC(O)C2CC2)cc([N+](=O)[O-])c1. The molecule has 6 nitrogen and oxygen atoms in total.